The zero-order valence-corrected chi connectivity index (χ0v) is 23.1. The SMILES string of the molecule is COc1ccc(CN2C3CC2CN(c2ccc(C4CC(C5CCOCC5C)=Cn5ncc(C#N)c54)cn2)C3)cn1. The second-order valence-corrected chi connectivity index (χ2v) is 11.7. The van der Waals surface area contributed by atoms with Gasteiger partial charge in [0.1, 0.15) is 11.9 Å². The number of hydrogen-bond acceptors (Lipinski definition) is 8. The van der Waals surface area contributed by atoms with Crippen molar-refractivity contribution in [3.8, 4) is 11.9 Å². The molecule has 9 nitrogen and oxygen atoms in total. The van der Waals surface area contributed by atoms with E-state index >= 15 is 0 Å². The summed E-state index contributed by atoms with van der Waals surface area (Å²) in [6.45, 7) is 6.75. The van der Waals surface area contributed by atoms with E-state index in [1.165, 1.54) is 17.6 Å². The molecule has 3 aromatic heterocycles. The Hall–Kier alpha value is -3.74. The Kier molecular flexibility index (Phi) is 6.53. The lowest BCUT2D eigenvalue weighted by Crippen LogP contribution is -2.68. The molecular weight excluding hydrogens is 502 g/mol. The molecule has 5 aliphatic heterocycles. The quantitative estimate of drug-likeness (QED) is 0.465. The number of hydrogen-bond donors (Lipinski definition) is 0. The highest BCUT2D eigenvalue weighted by molar-refractivity contribution is 5.51. The smallest absolute Gasteiger partial charge is 0.212 e. The maximum absolute atomic E-state index is 9.81. The highest BCUT2D eigenvalue weighted by Gasteiger charge is 2.44. The predicted octanol–water partition coefficient (Wildman–Crippen LogP) is 4.07. The van der Waals surface area contributed by atoms with Crippen LogP contribution in [-0.4, -0.2) is 70.1 Å². The molecule has 0 saturated carbocycles. The van der Waals surface area contributed by atoms with E-state index in [-0.39, 0.29) is 5.92 Å². The van der Waals surface area contributed by atoms with Crippen LogP contribution in [0, 0.1) is 23.2 Å². The number of ether oxygens (including phenoxy) is 2. The number of fused-ring (bicyclic) bond motifs is 3. The Labute approximate surface area is 235 Å². The lowest BCUT2D eigenvalue weighted by molar-refractivity contribution is -0.00877. The molecule has 4 fully saturated rings. The van der Waals surface area contributed by atoms with Crippen molar-refractivity contribution in [3.63, 3.8) is 0 Å². The van der Waals surface area contributed by atoms with Gasteiger partial charge in [-0.1, -0.05) is 19.1 Å². The zero-order valence-electron chi connectivity index (χ0n) is 23.1. The number of pyridine rings is 2. The first kappa shape index (κ1) is 25.2. The lowest BCUT2D eigenvalue weighted by Gasteiger charge is -2.56. The topological polar surface area (TPSA) is 92.3 Å². The molecule has 2 bridgehead atoms. The van der Waals surface area contributed by atoms with Gasteiger partial charge in [-0.2, -0.15) is 10.4 Å². The van der Waals surface area contributed by atoms with Gasteiger partial charge in [0, 0.05) is 75.5 Å². The molecule has 5 unspecified atom stereocenters. The average molecular weight is 538 g/mol. The Morgan fingerprint density at radius 3 is 2.67 bits per heavy atom. The molecule has 0 aliphatic carbocycles. The molecule has 0 radical (unpaired) electrons. The molecule has 9 heteroatoms. The summed E-state index contributed by atoms with van der Waals surface area (Å²) >= 11 is 0. The molecule has 206 valence electrons. The predicted molar refractivity (Wildman–Crippen MR) is 151 cm³/mol. The van der Waals surface area contributed by atoms with E-state index < -0.39 is 0 Å². The third-order valence-electron chi connectivity index (χ3n) is 9.34. The van der Waals surface area contributed by atoms with Crippen molar-refractivity contribution in [1.82, 2.24) is 24.6 Å². The van der Waals surface area contributed by atoms with E-state index in [0.717, 1.165) is 62.8 Å². The number of aromatic nitrogens is 4. The maximum atomic E-state index is 9.81. The van der Waals surface area contributed by atoms with Gasteiger partial charge in [0.2, 0.25) is 5.88 Å². The van der Waals surface area contributed by atoms with Crippen LogP contribution in [-0.2, 0) is 11.3 Å². The van der Waals surface area contributed by atoms with Gasteiger partial charge in [0.15, 0.2) is 0 Å². The molecule has 40 heavy (non-hydrogen) atoms. The van der Waals surface area contributed by atoms with Gasteiger partial charge >= 0.3 is 0 Å². The number of allylic oxidation sites excluding steroid dienone is 1. The first-order chi connectivity index (χ1) is 19.6. The summed E-state index contributed by atoms with van der Waals surface area (Å²) in [5.41, 5.74) is 5.38. The lowest BCUT2D eigenvalue weighted by atomic mass is 9.76. The van der Waals surface area contributed by atoms with Crippen LogP contribution in [0.3, 0.4) is 0 Å². The fourth-order valence-electron chi connectivity index (χ4n) is 7.16. The van der Waals surface area contributed by atoms with Crippen molar-refractivity contribution in [2.45, 2.75) is 50.7 Å². The van der Waals surface area contributed by atoms with E-state index in [9.17, 15) is 5.26 Å². The highest BCUT2D eigenvalue weighted by atomic mass is 16.5. The average Bonchev–Trinajstić information content (AvgIpc) is 3.43. The number of rotatable bonds is 6. The summed E-state index contributed by atoms with van der Waals surface area (Å²) in [7, 11) is 1.65. The summed E-state index contributed by atoms with van der Waals surface area (Å²) in [6, 6.07) is 11.8. The Bertz CT molecular complexity index is 1430. The number of methoxy groups -OCH3 is 1. The largest absolute Gasteiger partial charge is 0.481 e. The standard InChI is InChI=1S/C31H35N7O2/c1-20-19-40-8-7-27(20)23-9-28(31-24(11-32)14-35-38(31)16-23)22-4-5-29(33-13-22)36-17-25-10-26(18-36)37(25)15-21-3-6-30(39-2)34-12-21/h3-6,12-14,16,20,25-28H,7-10,15,17-19H2,1-2H3. The maximum Gasteiger partial charge on any atom is 0.212 e. The van der Waals surface area contributed by atoms with Gasteiger partial charge in [-0.05, 0) is 53.9 Å². The van der Waals surface area contributed by atoms with Crippen LogP contribution in [0.15, 0.2) is 48.4 Å². The van der Waals surface area contributed by atoms with Crippen molar-refractivity contribution in [3.05, 3.63) is 70.8 Å². The summed E-state index contributed by atoms with van der Waals surface area (Å²) in [6.07, 6.45) is 11.0. The minimum Gasteiger partial charge on any atom is -0.481 e. The molecule has 0 spiro atoms. The molecule has 0 amide bonds. The van der Waals surface area contributed by atoms with Crippen LogP contribution in [0.2, 0.25) is 0 Å². The van der Waals surface area contributed by atoms with E-state index in [1.807, 2.05) is 23.1 Å². The highest BCUT2D eigenvalue weighted by Crippen LogP contribution is 2.43. The van der Waals surface area contributed by atoms with Crippen LogP contribution in [0.25, 0.3) is 6.20 Å². The summed E-state index contributed by atoms with van der Waals surface area (Å²) in [5.74, 6) is 2.70. The number of piperidine rings is 1. The third-order valence-corrected chi connectivity index (χ3v) is 9.34. The van der Waals surface area contributed by atoms with E-state index in [4.69, 9.17) is 14.5 Å². The molecule has 5 aliphatic rings. The van der Waals surface area contributed by atoms with Crippen LogP contribution in [0.4, 0.5) is 5.82 Å². The number of nitriles is 1. The molecule has 8 rings (SSSR count). The van der Waals surface area contributed by atoms with Gasteiger partial charge in [-0.3, -0.25) is 4.90 Å². The van der Waals surface area contributed by atoms with Gasteiger partial charge in [-0.25, -0.2) is 14.6 Å². The molecule has 4 saturated heterocycles. The van der Waals surface area contributed by atoms with Crippen LogP contribution < -0.4 is 9.64 Å². The van der Waals surface area contributed by atoms with Crippen molar-refractivity contribution in [2.75, 3.05) is 38.3 Å². The van der Waals surface area contributed by atoms with E-state index in [1.54, 1.807) is 13.3 Å². The van der Waals surface area contributed by atoms with Gasteiger partial charge < -0.3 is 14.4 Å². The molecule has 0 aromatic carbocycles. The van der Waals surface area contributed by atoms with Crippen LogP contribution >= 0.6 is 0 Å². The summed E-state index contributed by atoms with van der Waals surface area (Å²) in [4.78, 5) is 14.3. The minimum absolute atomic E-state index is 0.0668. The Balaban J connectivity index is 1.06. The van der Waals surface area contributed by atoms with E-state index in [2.05, 4.69) is 57.3 Å². The monoisotopic (exact) mass is 537 g/mol. The first-order valence-corrected chi connectivity index (χ1v) is 14.3. The Morgan fingerprint density at radius 2 is 1.98 bits per heavy atom. The van der Waals surface area contributed by atoms with Gasteiger partial charge in [0.25, 0.3) is 0 Å². The summed E-state index contributed by atoms with van der Waals surface area (Å²) in [5, 5.41) is 14.4. The molecular formula is C31H35N7O2. The van der Waals surface area contributed by atoms with Crippen LogP contribution in [0.5, 0.6) is 5.88 Å². The normalized spacial score (nSPS) is 27.8. The second-order valence-electron chi connectivity index (χ2n) is 11.7. The van der Waals surface area contributed by atoms with Crippen molar-refractivity contribution in [2.24, 2.45) is 11.8 Å². The summed E-state index contributed by atoms with van der Waals surface area (Å²) < 4.78 is 12.8. The van der Waals surface area contributed by atoms with Crippen molar-refractivity contribution < 1.29 is 9.47 Å². The molecule has 0 N–H and O–H groups in total. The van der Waals surface area contributed by atoms with Crippen molar-refractivity contribution >= 4 is 12.0 Å². The molecule has 3 aromatic rings. The van der Waals surface area contributed by atoms with E-state index in [0.29, 0.717) is 35.4 Å². The first-order valence-electron chi connectivity index (χ1n) is 14.3. The second kappa shape index (κ2) is 10.3. The molecule has 5 atom stereocenters. The number of piperazine rings is 1. The Morgan fingerprint density at radius 1 is 1.10 bits per heavy atom. The fourth-order valence-corrected chi connectivity index (χ4v) is 7.16. The van der Waals surface area contributed by atoms with Crippen molar-refractivity contribution in [1.29, 1.82) is 5.26 Å². The zero-order chi connectivity index (χ0) is 27.2. The van der Waals surface area contributed by atoms with Crippen LogP contribution in [0.1, 0.15) is 54.5 Å². The van der Waals surface area contributed by atoms with Gasteiger partial charge in [0.05, 0.1) is 24.6 Å². The minimum atomic E-state index is 0.0668. The fraction of sp³-hybridized carbons (Fsp3) is 0.484. The molecule has 8 heterocycles. The third kappa shape index (κ3) is 4.45. The number of anilines is 1. The van der Waals surface area contributed by atoms with Gasteiger partial charge in [-0.15, -0.1) is 0 Å². The number of nitrogens with zero attached hydrogens (tertiary/aromatic N) is 7.